The van der Waals surface area contributed by atoms with Crippen LogP contribution in [0.15, 0.2) is 31.0 Å². The van der Waals surface area contributed by atoms with E-state index in [2.05, 4.69) is 16.9 Å². The molecule has 0 spiro atoms. The predicted molar refractivity (Wildman–Crippen MR) is 89.5 cm³/mol. The molecule has 1 aliphatic carbocycles. The number of aromatic nitrogens is 1. The lowest BCUT2D eigenvalue weighted by molar-refractivity contribution is 0.0641. The minimum Gasteiger partial charge on any atom is -0.487 e. The van der Waals surface area contributed by atoms with Crippen LogP contribution in [0.25, 0.3) is 0 Å². The van der Waals surface area contributed by atoms with Gasteiger partial charge in [0, 0.05) is 12.7 Å². The molecular formula is C18H26N2O3. The number of nitrogens with one attached hydrogen (secondary N) is 1. The van der Waals surface area contributed by atoms with Crippen LogP contribution in [-0.2, 0) is 0 Å². The first-order chi connectivity index (χ1) is 11.2. The summed E-state index contributed by atoms with van der Waals surface area (Å²) in [7, 11) is 0. The molecule has 1 fully saturated rings. The third-order valence-corrected chi connectivity index (χ3v) is 4.25. The lowest BCUT2D eigenvalue weighted by Gasteiger charge is -2.27. The highest BCUT2D eigenvalue weighted by atomic mass is 16.5. The molecule has 23 heavy (non-hydrogen) atoms. The van der Waals surface area contributed by atoms with Crippen molar-refractivity contribution < 1.29 is 14.6 Å². The number of carbonyl (C=O) groups is 1. The van der Waals surface area contributed by atoms with Crippen molar-refractivity contribution in [3.63, 3.8) is 0 Å². The topological polar surface area (TPSA) is 71.5 Å². The van der Waals surface area contributed by atoms with Crippen molar-refractivity contribution >= 4 is 5.91 Å². The van der Waals surface area contributed by atoms with Crippen LogP contribution in [0.2, 0.25) is 0 Å². The number of carbonyl (C=O) groups excluding carboxylic acids is 1. The molecule has 5 heteroatoms. The third-order valence-electron chi connectivity index (χ3n) is 4.25. The Labute approximate surface area is 137 Å². The molecule has 0 saturated heterocycles. The Balaban J connectivity index is 1.77. The monoisotopic (exact) mass is 318 g/mol. The van der Waals surface area contributed by atoms with Crippen molar-refractivity contribution in [1.82, 2.24) is 10.3 Å². The molecule has 126 valence electrons. The Morgan fingerprint density at radius 2 is 2.30 bits per heavy atom. The molecule has 2 N–H and O–H groups in total. The van der Waals surface area contributed by atoms with Crippen LogP contribution in [0, 0.1) is 5.92 Å². The summed E-state index contributed by atoms with van der Waals surface area (Å²) < 4.78 is 5.45. The van der Waals surface area contributed by atoms with Crippen LogP contribution < -0.4 is 10.1 Å². The van der Waals surface area contributed by atoms with Gasteiger partial charge in [0.25, 0.3) is 5.91 Å². The molecule has 0 radical (unpaired) electrons. The van der Waals surface area contributed by atoms with E-state index in [1.807, 2.05) is 0 Å². The molecule has 1 heterocycles. The minimum atomic E-state index is -0.228. The average molecular weight is 318 g/mol. The summed E-state index contributed by atoms with van der Waals surface area (Å²) in [5, 5.41) is 12.8. The highest BCUT2D eigenvalue weighted by molar-refractivity contribution is 5.94. The molecule has 0 aromatic carbocycles. The van der Waals surface area contributed by atoms with E-state index in [0.29, 0.717) is 30.5 Å². The molecule has 2 atom stereocenters. The SMILES string of the molecule is C=CCOc1cccnc1C(=O)NCCCC1CCCCC1O. The molecule has 5 nitrogen and oxygen atoms in total. The van der Waals surface area contributed by atoms with Crippen LogP contribution in [0.3, 0.4) is 0 Å². The molecule has 2 unspecified atom stereocenters. The number of aliphatic hydroxyl groups excluding tert-OH is 1. The first kappa shape index (κ1) is 17.5. The van der Waals surface area contributed by atoms with Gasteiger partial charge in [-0.3, -0.25) is 4.79 Å². The fraction of sp³-hybridized carbons (Fsp3) is 0.556. The molecule has 1 aliphatic rings. The summed E-state index contributed by atoms with van der Waals surface area (Å²) >= 11 is 0. The fourth-order valence-corrected chi connectivity index (χ4v) is 3.00. The van der Waals surface area contributed by atoms with E-state index in [9.17, 15) is 9.90 Å². The van der Waals surface area contributed by atoms with E-state index in [-0.39, 0.29) is 12.0 Å². The number of hydrogen-bond donors (Lipinski definition) is 2. The standard InChI is InChI=1S/C18H26N2O3/c1-2-13-23-16-10-6-11-19-17(16)18(22)20-12-5-8-14-7-3-4-9-15(14)21/h2,6,10-11,14-15,21H,1,3-5,7-9,12-13H2,(H,20,22). The maximum atomic E-state index is 12.2. The van der Waals surface area contributed by atoms with E-state index >= 15 is 0 Å². The summed E-state index contributed by atoms with van der Waals surface area (Å²) in [5.74, 6) is 0.614. The van der Waals surface area contributed by atoms with Gasteiger partial charge in [-0.25, -0.2) is 4.98 Å². The highest BCUT2D eigenvalue weighted by Gasteiger charge is 2.22. The molecule has 1 saturated carbocycles. The lowest BCUT2D eigenvalue weighted by atomic mass is 9.83. The average Bonchev–Trinajstić information content (AvgIpc) is 2.58. The van der Waals surface area contributed by atoms with Gasteiger partial charge >= 0.3 is 0 Å². The second-order valence-corrected chi connectivity index (χ2v) is 5.96. The van der Waals surface area contributed by atoms with Gasteiger partial charge in [-0.1, -0.05) is 25.5 Å². The Hall–Kier alpha value is -1.88. The summed E-state index contributed by atoms with van der Waals surface area (Å²) in [4.78, 5) is 16.3. The van der Waals surface area contributed by atoms with Crippen molar-refractivity contribution in [3.8, 4) is 5.75 Å². The summed E-state index contributed by atoms with van der Waals surface area (Å²) in [6, 6.07) is 3.46. The fourth-order valence-electron chi connectivity index (χ4n) is 3.00. The second-order valence-electron chi connectivity index (χ2n) is 5.96. The van der Waals surface area contributed by atoms with Crippen molar-refractivity contribution in [3.05, 3.63) is 36.7 Å². The zero-order valence-corrected chi connectivity index (χ0v) is 13.5. The van der Waals surface area contributed by atoms with E-state index in [4.69, 9.17) is 4.74 Å². The zero-order chi connectivity index (χ0) is 16.5. The summed E-state index contributed by atoms with van der Waals surface area (Å²) in [6.07, 6.45) is 9.18. The Bertz CT molecular complexity index is 519. The van der Waals surface area contributed by atoms with Crippen LogP contribution >= 0.6 is 0 Å². The van der Waals surface area contributed by atoms with Gasteiger partial charge in [-0.05, 0) is 43.7 Å². The highest BCUT2D eigenvalue weighted by Crippen LogP contribution is 2.27. The largest absolute Gasteiger partial charge is 0.487 e. The maximum Gasteiger partial charge on any atom is 0.273 e. The Kier molecular flexibility index (Phi) is 7.07. The van der Waals surface area contributed by atoms with Crippen molar-refractivity contribution in [2.75, 3.05) is 13.2 Å². The first-order valence-corrected chi connectivity index (χ1v) is 8.37. The van der Waals surface area contributed by atoms with Crippen LogP contribution in [0.1, 0.15) is 49.0 Å². The van der Waals surface area contributed by atoms with Crippen LogP contribution in [0.5, 0.6) is 5.75 Å². The number of amides is 1. The number of pyridine rings is 1. The molecule has 2 rings (SSSR count). The van der Waals surface area contributed by atoms with Crippen LogP contribution in [0.4, 0.5) is 0 Å². The van der Waals surface area contributed by atoms with Gasteiger partial charge in [0.2, 0.25) is 0 Å². The molecule has 1 amide bonds. The van der Waals surface area contributed by atoms with Gasteiger partial charge < -0.3 is 15.2 Å². The van der Waals surface area contributed by atoms with Crippen molar-refractivity contribution in [2.45, 2.75) is 44.6 Å². The van der Waals surface area contributed by atoms with E-state index < -0.39 is 0 Å². The molecule has 0 bridgehead atoms. The van der Waals surface area contributed by atoms with Gasteiger partial charge in [0.05, 0.1) is 6.10 Å². The van der Waals surface area contributed by atoms with E-state index in [0.717, 1.165) is 32.1 Å². The number of rotatable bonds is 8. The van der Waals surface area contributed by atoms with Gasteiger partial charge in [-0.15, -0.1) is 0 Å². The van der Waals surface area contributed by atoms with Gasteiger partial charge in [0.15, 0.2) is 11.4 Å². The smallest absolute Gasteiger partial charge is 0.273 e. The van der Waals surface area contributed by atoms with E-state index in [1.54, 1.807) is 24.4 Å². The molecule has 0 aliphatic heterocycles. The van der Waals surface area contributed by atoms with Crippen molar-refractivity contribution in [2.24, 2.45) is 5.92 Å². The minimum absolute atomic E-state index is 0.172. The first-order valence-electron chi connectivity index (χ1n) is 8.37. The van der Waals surface area contributed by atoms with Gasteiger partial charge in [0.1, 0.15) is 6.61 Å². The van der Waals surface area contributed by atoms with Gasteiger partial charge in [-0.2, -0.15) is 0 Å². The molecular weight excluding hydrogens is 292 g/mol. The molecule has 1 aromatic rings. The number of aliphatic hydroxyl groups is 1. The van der Waals surface area contributed by atoms with E-state index in [1.165, 1.54) is 6.42 Å². The number of ether oxygens (including phenoxy) is 1. The quantitative estimate of drug-likeness (QED) is 0.571. The zero-order valence-electron chi connectivity index (χ0n) is 13.5. The Morgan fingerprint density at radius 3 is 3.09 bits per heavy atom. The molecule has 1 aromatic heterocycles. The summed E-state index contributed by atoms with van der Waals surface area (Å²) in [5.41, 5.74) is 0.298. The van der Waals surface area contributed by atoms with Crippen molar-refractivity contribution in [1.29, 1.82) is 0 Å². The maximum absolute atomic E-state index is 12.2. The number of hydrogen-bond acceptors (Lipinski definition) is 4. The normalized spacial score (nSPS) is 20.7. The second kappa shape index (κ2) is 9.30. The third kappa shape index (κ3) is 5.36. The predicted octanol–water partition coefficient (Wildman–Crippen LogP) is 2.71. The summed E-state index contributed by atoms with van der Waals surface area (Å²) in [6.45, 7) is 4.52. The van der Waals surface area contributed by atoms with Crippen LogP contribution in [-0.4, -0.2) is 35.3 Å². The number of nitrogens with zero attached hydrogens (tertiary/aromatic N) is 1. The lowest BCUT2D eigenvalue weighted by Crippen LogP contribution is -2.28. The Morgan fingerprint density at radius 1 is 1.48 bits per heavy atom.